The van der Waals surface area contributed by atoms with Gasteiger partial charge in [0.2, 0.25) is 5.91 Å². The number of hydrogen-bond acceptors (Lipinski definition) is 4. The van der Waals surface area contributed by atoms with Crippen LogP contribution in [0.25, 0.3) is 0 Å². The predicted octanol–water partition coefficient (Wildman–Crippen LogP) is 1.01. The van der Waals surface area contributed by atoms with Gasteiger partial charge in [0.25, 0.3) is 5.91 Å². The first-order valence-electron chi connectivity index (χ1n) is 6.97. The highest BCUT2D eigenvalue weighted by atomic mass is 16.3. The van der Waals surface area contributed by atoms with Crippen LogP contribution < -0.4 is 10.6 Å². The molecule has 3 N–H and O–H groups in total. The molecule has 0 spiro atoms. The third-order valence-electron chi connectivity index (χ3n) is 3.19. The number of benzene rings is 1. The molecule has 1 aromatic carbocycles. The van der Waals surface area contributed by atoms with E-state index in [0.29, 0.717) is 16.8 Å². The summed E-state index contributed by atoms with van der Waals surface area (Å²) < 4.78 is 1.59. The second kappa shape index (κ2) is 7.37. The topological polar surface area (TPSA) is 96.2 Å². The average Bonchev–Trinajstić information content (AvgIpc) is 2.98. The Morgan fingerprint density at radius 2 is 2.26 bits per heavy atom. The van der Waals surface area contributed by atoms with Crippen molar-refractivity contribution < 1.29 is 14.7 Å². The van der Waals surface area contributed by atoms with Gasteiger partial charge >= 0.3 is 0 Å². The molecule has 0 saturated heterocycles. The molecule has 1 unspecified atom stereocenters. The Bertz CT molecular complexity index is 724. The quantitative estimate of drug-likeness (QED) is 0.693. The molecule has 23 heavy (non-hydrogen) atoms. The van der Waals surface area contributed by atoms with Gasteiger partial charge in [0.05, 0.1) is 18.8 Å². The highest BCUT2D eigenvalue weighted by molar-refractivity contribution is 6.00. The minimum atomic E-state index is -0.553. The minimum Gasteiger partial charge on any atom is -0.394 e. The number of anilines is 1. The van der Waals surface area contributed by atoms with E-state index in [4.69, 9.17) is 0 Å². The fourth-order valence-corrected chi connectivity index (χ4v) is 2.03. The molecular weight excluding hydrogens is 296 g/mol. The standard InChI is InChI=1S/C16H18N4O3/c1-3-15(22)18-13-6-4-5-11(7-13)16(23)19-14(10-21)12-8-17-20(2)9-12/h3-9,14,21H,1,10H2,2H3,(H,18,22)(H,19,23). The Balaban J connectivity index is 2.11. The molecule has 7 heteroatoms. The molecule has 0 radical (unpaired) electrons. The van der Waals surface area contributed by atoms with Crippen LogP contribution in [0.1, 0.15) is 22.0 Å². The number of aromatic nitrogens is 2. The molecule has 1 atom stereocenters. The maximum absolute atomic E-state index is 12.3. The van der Waals surface area contributed by atoms with Crippen LogP contribution in [0.2, 0.25) is 0 Å². The van der Waals surface area contributed by atoms with Gasteiger partial charge in [0, 0.05) is 30.1 Å². The first kappa shape index (κ1) is 16.4. The van der Waals surface area contributed by atoms with Crippen molar-refractivity contribution in [2.75, 3.05) is 11.9 Å². The normalized spacial score (nSPS) is 11.6. The number of carbonyl (C=O) groups is 2. The highest BCUT2D eigenvalue weighted by Crippen LogP contribution is 2.14. The molecule has 1 aromatic heterocycles. The van der Waals surface area contributed by atoms with Gasteiger partial charge in [-0.15, -0.1) is 0 Å². The van der Waals surface area contributed by atoms with Crippen molar-refractivity contribution in [2.24, 2.45) is 7.05 Å². The third kappa shape index (κ3) is 4.27. The summed E-state index contributed by atoms with van der Waals surface area (Å²) in [6.07, 6.45) is 4.46. The second-order valence-corrected chi connectivity index (χ2v) is 4.93. The fraction of sp³-hybridized carbons (Fsp3) is 0.188. The molecule has 0 aliphatic heterocycles. The van der Waals surface area contributed by atoms with E-state index >= 15 is 0 Å². The fourth-order valence-electron chi connectivity index (χ4n) is 2.03. The van der Waals surface area contributed by atoms with Gasteiger partial charge < -0.3 is 15.7 Å². The number of rotatable bonds is 6. The van der Waals surface area contributed by atoms with Crippen molar-refractivity contribution in [3.8, 4) is 0 Å². The van der Waals surface area contributed by atoms with Crippen LogP contribution in [0.15, 0.2) is 49.3 Å². The number of aliphatic hydroxyl groups excluding tert-OH is 1. The highest BCUT2D eigenvalue weighted by Gasteiger charge is 2.16. The van der Waals surface area contributed by atoms with Crippen molar-refractivity contribution in [1.29, 1.82) is 0 Å². The van der Waals surface area contributed by atoms with E-state index in [1.54, 1.807) is 48.4 Å². The van der Waals surface area contributed by atoms with E-state index in [2.05, 4.69) is 22.3 Å². The summed E-state index contributed by atoms with van der Waals surface area (Å²) >= 11 is 0. The first-order chi connectivity index (χ1) is 11.0. The van der Waals surface area contributed by atoms with E-state index in [9.17, 15) is 14.7 Å². The maximum atomic E-state index is 12.3. The SMILES string of the molecule is C=CC(=O)Nc1cccc(C(=O)NC(CO)c2cnn(C)c2)c1. The first-order valence-corrected chi connectivity index (χ1v) is 6.97. The molecule has 2 rings (SSSR count). The molecule has 0 fully saturated rings. The average molecular weight is 314 g/mol. The summed E-state index contributed by atoms with van der Waals surface area (Å²) in [6.45, 7) is 3.13. The summed E-state index contributed by atoms with van der Waals surface area (Å²) in [7, 11) is 1.76. The van der Waals surface area contributed by atoms with Crippen LogP contribution in [-0.4, -0.2) is 33.3 Å². The summed E-state index contributed by atoms with van der Waals surface area (Å²) in [4.78, 5) is 23.6. The third-order valence-corrected chi connectivity index (χ3v) is 3.19. The number of aryl methyl sites for hydroxylation is 1. The lowest BCUT2D eigenvalue weighted by atomic mass is 10.1. The van der Waals surface area contributed by atoms with E-state index < -0.39 is 6.04 Å². The molecule has 0 aliphatic rings. The molecular formula is C16H18N4O3. The second-order valence-electron chi connectivity index (χ2n) is 4.93. The van der Waals surface area contributed by atoms with Crippen LogP contribution in [0.3, 0.4) is 0 Å². The van der Waals surface area contributed by atoms with E-state index in [-0.39, 0.29) is 18.4 Å². The van der Waals surface area contributed by atoms with Crippen molar-refractivity contribution in [1.82, 2.24) is 15.1 Å². The van der Waals surface area contributed by atoms with Crippen molar-refractivity contribution in [2.45, 2.75) is 6.04 Å². The van der Waals surface area contributed by atoms with Crippen molar-refractivity contribution >= 4 is 17.5 Å². The largest absolute Gasteiger partial charge is 0.394 e. The number of nitrogens with one attached hydrogen (secondary N) is 2. The van der Waals surface area contributed by atoms with Crippen LogP contribution in [0.5, 0.6) is 0 Å². The molecule has 1 heterocycles. The number of nitrogens with zero attached hydrogens (tertiary/aromatic N) is 2. The Labute approximate surface area is 133 Å². The molecule has 120 valence electrons. The molecule has 2 aromatic rings. The smallest absolute Gasteiger partial charge is 0.251 e. The lowest BCUT2D eigenvalue weighted by Gasteiger charge is -2.15. The lowest BCUT2D eigenvalue weighted by Crippen LogP contribution is -2.30. The number of carbonyl (C=O) groups excluding carboxylic acids is 2. The summed E-state index contributed by atoms with van der Waals surface area (Å²) in [5.41, 5.74) is 1.57. The number of hydrogen-bond donors (Lipinski definition) is 3. The van der Waals surface area contributed by atoms with E-state index in [0.717, 1.165) is 6.08 Å². The van der Waals surface area contributed by atoms with E-state index in [1.807, 2.05) is 0 Å². The van der Waals surface area contributed by atoms with Crippen molar-refractivity contribution in [3.63, 3.8) is 0 Å². The molecule has 7 nitrogen and oxygen atoms in total. The number of aliphatic hydroxyl groups is 1. The molecule has 0 saturated carbocycles. The summed E-state index contributed by atoms with van der Waals surface area (Å²) in [6, 6.07) is 5.95. The van der Waals surface area contributed by atoms with Gasteiger partial charge in [0.15, 0.2) is 0 Å². The van der Waals surface area contributed by atoms with Gasteiger partial charge in [-0.05, 0) is 24.3 Å². The van der Waals surface area contributed by atoms with Gasteiger partial charge in [-0.1, -0.05) is 12.6 Å². The Hall–Kier alpha value is -2.93. The summed E-state index contributed by atoms with van der Waals surface area (Å²) in [5, 5.41) is 18.8. The zero-order chi connectivity index (χ0) is 16.8. The Morgan fingerprint density at radius 3 is 2.87 bits per heavy atom. The van der Waals surface area contributed by atoms with Gasteiger partial charge in [0.1, 0.15) is 0 Å². The van der Waals surface area contributed by atoms with Gasteiger partial charge in [-0.2, -0.15) is 5.10 Å². The Morgan fingerprint density at radius 1 is 1.48 bits per heavy atom. The van der Waals surface area contributed by atoms with Gasteiger partial charge in [-0.3, -0.25) is 14.3 Å². The van der Waals surface area contributed by atoms with Crippen molar-refractivity contribution in [3.05, 3.63) is 60.4 Å². The molecule has 0 bridgehead atoms. The lowest BCUT2D eigenvalue weighted by molar-refractivity contribution is -0.111. The predicted molar refractivity (Wildman–Crippen MR) is 85.8 cm³/mol. The van der Waals surface area contributed by atoms with Crippen LogP contribution in [0, 0.1) is 0 Å². The zero-order valence-corrected chi connectivity index (χ0v) is 12.7. The monoisotopic (exact) mass is 314 g/mol. The van der Waals surface area contributed by atoms with Crippen LogP contribution in [0.4, 0.5) is 5.69 Å². The molecule has 2 amide bonds. The molecule has 0 aliphatic carbocycles. The van der Waals surface area contributed by atoms with E-state index in [1.165, 1.54) is 0 Å². The van der Waals surface area contributed by atoms with Crippen LogP contribution in [-0.2, 0) is 11.8 Å². The Kier molecular flexibility index (Phi) is 5.27. The number of amides is 2. The van der Waals surface area contributed by atoms with Crippen LogP contribution >= 0.6 is 0 Å². The maximum Gasteiger partial charge on any atom is 0.251 e. The minimum absolute atomic E-state index is 0.246. The van der Waals surface area contributed by atoms with Gasteiger partial charge in [-0.25, -0.2) is 0 Å². The zero-order valence-electron chi connectivity index (χ0n) is 12.7. The summed E-state index contributed by atoms with van der Waals surface area (Å²) in [5.74, 6) is -0.714.